The average Bonchev–Trinajstić information content (AvgIpc) is 2.77. The minimum Gasteiger partial charge on any atom is -0.306 e. The molecule has 1 aliphatic rings. The quantitative estimate of drug-likeness (QED) is 0.902. The Morgan fingerprint density at radius 2 is 1.84 bits per heavy atom. The first kappa shape index (κ1) is 14.4. The molecule has 0 spiro atoms. The fraction of sp³-hybridized carbons (Fsp3) is 0.600. The molecule has 4 heteroatoms. The third kappa shape index (κ3) is 3.31. The molecule has 0 radical (unpaired) electrons. The number of likely N-dealkylation sites (tertiary alicyclic amines) is 1. The van der Waals surface area contributed by atoms with Crippen LogP contribution in [0.2, 0.25) is 0 Å². The standard InChI is InChI=1S/C15H22F2N2/c1-10(2)19-8-7-12(9-19)18-11(3)15-13(16)5-4-6-14(15)17/h4-6,10-12,18H,7-9H2,1-3H3. The Kier molecular flexibility index (Phi) is 4.53. The highest BCUT2D eigenvalue weighted by Gasteiger charge is 2.26. The van der Waals surface area contributed by atoms with Crippen LogP contribution in [0, 0.1) is 11.6 Å². The number of benzene rings is 1. The van der Waals surface area contributed by atoms with Gasteiger partial charge in [0.15, 0.2) is 0 Å². The van der Waals surface area contributed by atoms with Gasteiger partial charge in [-0.1, -0.05) is 6.07 Å². The SMILES string of the molecule is CC(NC1CCN(C(C)C)C1)c1c(F)cccc1F. The van der Waals surface area contributed by atoms with Crippen molar-refractivity contribution in [3.05, 3.63) is 35.4 Å². The van der Waals surface area contributed by atoms with E-state index in [9.17, 15) is 8.78 Å². The van der Waals surface area contributed by atoms with Gasteiger partial charge >= 0.3 is 0 Å². The zero-order valence-electron chi connectivity index (χ0n) is 11.8. The van der Waals surface area contributed by atoms with Gasteiger partial charge in [0, 0.05) is 30.2 Å². The number of rotatable bonds is 4. The first-order valence-corrected chi connectivity index (χ1v) is 6.93. The summed E-state index contributed by atoms with van der Waals surface area (Å²) in [5.74, 6) is -0.947. The monoisotopic (exact) mass is 268 g/mol. The van der Waals surface area contributed by atoms with Crippen LogP contribution in [0.1, 0.15) is 38.8 Å². The highest BCUT2D eigenvalue weighted by molar-refractivity contribution is 5.23. The molecular weight excluding hydrogens is 246 g/mol. The van der Waals surface area contributed by atoms with Gasteiger partial charge in [-0.2, -0.15) is 0 Å². The smallest absolute Gasteiger partial charge is 0.130 e. The molecule has 2 nitrogen and oxygen atoms in total. The second kappa shape index (κ2) is 5.97. The lowest BCUT2D eigenvalue weighted by atomic mass is 10.1. The second-order valence-corrected chi connectivity index (χ2v) is 5.60. The van der Waals surface area contributed by atoms with E-state index >= 15 is 0 Å². The van der Waals surface area contributed by atoms with Gasteiger partial charge in [0.05, 0.1) is 0 Å². The van der Waals surface area contributed by atoms with Gasteiger partial charge in [0.1, 0.15) is 11.6 Å². The number of nitrogens with one attached hydrogen (secondary N) is 1. The van der Waals surface area contributed by atoms with Crippen LogP contribution in [-0.2, 0) is 0 Å². The number of halogens is 2. The van der Waals surface area contributed by atoms with E-state index in [4.69, 9.17) is 0 Å². The molecule has 19 heavy (non-hydrogen) atoms. The molecule has 2 atom stereocenters. The van der Waals surface area contributed by atoms with Crippen molar-refractivity contribution in [3.8, 4) is 0 Å². The van der Waals surface area contributed by atoms with E-state index in [1.165, 1.54) is 18.2 Å². The predicted octanol–water partition coefficient (Wildman–Crippen LogP) is 3.10. The molecule has 0 amide bonds. The van der Waals surface area contributed by atoms with Crippen LogP contribution in [0.5, 0.6) is 0 Å². The Hall–Kier alpha value is -1.00. The van der Waals surface area contributed by atoms with Crippen molar-refractivity contribution in [3.63, 3.8) is 0 Å². The summed E-state index contributed by atoms with van der Waals surface area (Å²) in [6.07, 6.45) is 1.03. The molecule has 0 aliphatic carbocycles. The maximum atomic E-state index is 13.7. The lowest BCUT2D eigenvalue weighted by Crippen LogP contribution is -2.36. The minimum absolute atomic E-state index is 0.144. The lowest BCUT2D eigenvalue weighted by molar-refractivity contribution is 0.265. The van der Waals surface area contributed by atoms with Crippen molar-refractivity contribution in [2.45, 2.75) is 45.3 Å². The third-order valence-electron chi connectivity index (χ3n) is 3.87. The van der Waals surface area contributed by atoms with Gasteiger partial charge in [-0.3, -0.25) is 4.90 Å². The van der Waals surface area contributed by atoms with E-state index in [2.05, 4.69) is 24.1 Å². The fourth-order valence-electron chi connectivity index (χ4n) is 2.75. The summed E-state index contributed by atoms with van der Waals surface area (Å²) in [6, 6.07) is 4.54. The summed E-state index contributed by atoms with van der Waals surface area (Å²) in [5.41, 5.74) is 0.144. The summed E-state index contributed by atoms with van der Waals surface area (Å²) in [5, 5.41) is 3.34. The molecule has 1 N–H and O–H groups in total. The average molecular weight is 268 g/mol. The molecular formula is C15H22F2N2. The minimum atomic E-state index is -0.473. The summed E-state index contributed by atoms with van der Waals surface area (Å²) in [6.45, 7) is 8.14. The number of nitrogens with zero attached hydrogens (tertiary/aromatic N) is 1. The topological polar surface area (TPSA) is 15.3 Å². The molecule has 0 aromatic heterocycles. The number of hydrogen-bond donors (Lipinski definition) is 1. The Labute approximate surface area is 113 Å². The molecule has 1 fully saturated rings. The molecule has 2 unspecified atom stereocenters. The van der Waals surface area contributed by atoms with Crippen LogP contribution in [0.15, 0.2) is 18.2 Å². The van der Waals surface area contributed by atoms with Crippen LogP contribution < -0.4 is 5.32 Å². The van der Waals surface area contributed by atoms with E-state index in [1.807, 2.05) is 6.92 Å². The zero-order valence-corrected chi connectivity index (χ0v) is 11.8. The first-order chi connectivity index (χ1) is 8.99. The summed E-state index contributed by atoms with van der Waals surface area (Å²) < 4.78 is 27.4. The molecule has 0 bridgehead atoms. The molecule has 1 aromatic rings. The van der Waals surface area contributed by atoms with Gasteiger partial charge in [0.2, 0.25) is 0 Å². The zero-order chi connectivity index (χ0) is 14.0. The van der Waals surface area contributed by atoms with Gasteiger partial charge in [-0.25, -0.2) is 8.78 Å². The van der Waals surface area contributed by atoms with Crippen LogP contribution in [0.3, 0.4) is 0 Å². The molecule has 1 aromatic carbocycles. The summed E-state index contributed by atoms with van der Waals surface area (Å²) in [7, 11) is 0. The van der Waals surface area contributed by atoms with Crippen LogP contribution in [0.25, 0.3) is 0 Å². The van der Waals surface area contributed by atoms with Crippen molar-refractivity contribution in [1.29, 1.82) is 0 Å². The normalized spacial score (nSPS) is 22.1. The lowest BCUT2D eigenvalue weighted by Gasteiger charge is -2.23. The van der Waals surface area contributed by atoms with Crippen molar-refractivity contribution in [2.75, 3.05) is 13.1 Å². The predicted molar refractivity (Wildman–Crippen MR) is 73.0 cm³/mol. The van der Waals surface area contributed by atoms with Crippen molar-refractivity contribution >= 4 is 0 Å². The molecule has 0 saturated carbocycles. The van der Waals surface area contributed by atoms with E-state index in [0.29, 0.717) is 12.1 Å². The Balaban J connectivity index is 2.00. The van der Waals surface area contributed by atoms with Crippen molar-refractivity contribution < 1.29 is 8.78 Å². The maximum absolute atomic E-state index is 13.7. The van der Waals surface area contributed by atoms with Crippen LogP contribution in [-0.4, -0.2) is 30.1 Å². The largest absolute Gasteiger partial charge is 0.306 e. The summed E-state index contributed by atoms with van der Waals surface area (Å²) in [4.78, 5) is 2.38. The first-order valence-electron chi connectivity index (χ1n) is 6.93. The van der Waals surface area contributed by atoms with Crippen molar-refractivity contribution in [1.82, 2.24) is 10.2 Å². The Morgan fingerprint density at radius 1 is 1.21 bits per heavy atom. The molecule has 1 heterocycles. The molecule has 106 valence electrons. The van der Waals surface area contributed by atoms with E-state index < -0.39 is 11.6 Å². The highest BCUT2D eigenvalue weighted by Crippen LogP contribution is 2.22. The van der Waals surface area contributed by atoms with Gasteiger partial charge in [0.25, 0.3) is 0 Å². The Morgan fingerprint density at radius 3 is 2.37 bits per heavy atom. The van der Waals surface area contributed by atoms with Crippen molar-refractivity contribution in [2.24, 2.45) is 0 Å². The number of hydrogen-bond acceptors (Lipinski definition) is 2. The Bertz CT molecular complexity index is 414. The van der Waals surface area contributed by atoms with Crippen LogP contribution in [0.4, 0.5) is 8.78 Å². The van der Waals surface area contributed by atoms with Gasteiger partial charge in [-0.15, -0.1) is 0 Å². The molecule has 2 rings (SSSR count). The van der Waals surface area contributed by atoms with E-state index in [0.717, 1.165) is 19.5 Å². The third-order valence-corrected chi connectivity index (χ3v) is 3.87. The van der Waals surface area contributed by atoms with Crippen LogP contribution >= 0.6 is 0 Å². The maximum Gasteiger partial charge on any atom is 0.130 e. The summed E-state index contributed by atoms with van der Waals surface area (Å²) >= 11 is 0. The van der Waals surface area contributed by atoms with Gasteiger partial charge in [-0.05, 0) is 45.9 Å². The second-order valence-electron chi connectivity index (χ2n) is 5.60. The highest BCUT2D eigenvalue weighted by atomic mass is 19.1. The molecule has 1 saturated heterocycles. The molecule has 1 aliphatic heterocycles. The fourth-order valence-corrected chi connectivity index (χ4v) is 2.75. The van der Waals surface area contributed by atoms with E-state index in [-0.39, 0.29) is 11.6 Å². The van der Waals surface area contributed by atoms with E-state index in [1.54, 1.807) is 0 Å². The van der Waals surface area contributed by atoms with Gasteiger partial charge < -0.3 is 5.32 Å².